The molecule has 0 aliphatic rings. The van der Waals surface area contributed by atoms with Crippen molar-refractivity contribution in [1.29, 1.82) is 0 Å². The second kappa shape index (κ2) is 8.19. The van der Waals surface area contributed by atoms with E-state index in [1.807, 2.05) is 20.2 Å². The third kappa shape index (κ3) is 6.21. The Bertz CT molecular complexity index is 445. The van der Waals surface area contributed by atoms with Crippen LogP contribution in [-0.2, 0) is 18.3 Å². The van der Waals surface area contributed by atoms with Gasteiger partial charge in [0.15, 0.2) is 0 Å². The molecule has 0 saturated heterocycles. The van der Waals surface area contributed by atoms with Crippen LogP contribution in [0.1, 0.15) is 25.3 Å². The van der Waals surface area contributed by atoms with Gasteiger partial charge in [-0.15, -0.1) is 0 Å². The maximum Gasteiger partial charge on any atom is 0.314 e. The monoisotopic (exact) mass is 282 g/mol. The zero-order chi connectivity index (χ0) is 15.0. The highest BCUT2D eigenvalue weighted by Crippen LogP contribution is 2.06. The van der Waals surface area contributed by atoms with Gasteiger partial charge in [-0.2, -0.15) is 5.10 Å². The highest BCUT2D eigenvalue weighted by molar-refractivity contribution is 5.74. The molecule has 0 fully saturated rings. The number of amides is 2. The van der Waals surface area contributed by atoms with Crippen molar-refractivity contribution in [1.82, 2.24) is 20.4 Å². The fourth-order valence-corrected chi connectivity index (χ4v) is 1.83. The quantitative estimate of drug-likeness (QED) is 0.656. The highest BCUT2D eigenvalue weighted by atomic mass is 16.4. The van der Waals surface area contributed by atoms with E-state index >= 15 is 0 Å². The summed E-state index contributed by atoms with van der Waals surface area (Å²) in [6.07, 6.45) is 5.18. The summed E-state index contributed by atoms with van der Waals surface area (Å²) in [6, 6.07) is -0.266. The Kier molecular flexibility index (Phi) is 6.55. The molecule has 0 radical (unpaired) electrons. The summed E-state index contributed by atoms with van der Waals surface area (Å²) in [7, 11) is 1.84. The summed E-state index contributed by atoms with van der Waals surface area (Å²) < 4.78 is 1.72. The van der Waals surface area contributed by atoms with Gasteiger partial charge in [-0.05, 0) is 17.9 Å². The molecule has 1 aromatic heterocycles. The number of nitrogens with one attached hydrogen (secondary N) is 2. The zero-order valence-electron chi connectivity index (χ0n) is 11.9. The lowest BCUT2D eigenvalue weighted by Crippen LogP contribution is -2.39. The summed E-state index contributed by atoms with van der Waals surface area (Å²) in [5.74, 6) is -0.868. The van der Waals surface area contributed by atoms with E-state index in [9.17, 15) is 9.59 Å². The number of aryl methyl sites for hydroxylation is 1. The molecule has 112 valence electrons. The first kappa shape index (κ1) is 16.0. The van der Waals surface area contributed by atoms with Crippen molar-refractivity contribution in [3.8, 4) is 0 Å². The number of nitrogens with zero attached hydrogens (tertiary/aromatic N) is 2. The van der Waals surface area contributed by atoms with Crippen LogP contribution in [0.4, 0.5) is 4.79 Å². The molecule has 0 aromatic carbocycles. The Morgan fingerprint density at radius 2 is 2.20 bits per heavy atom. The molecule has 1 rings (SSSR count). The number of carboxylic acids is 1. The van der Waals surface area contributed by atoms with E-state index in [2.05, 4.69) is 15.7 Å². The Morgan fingerprint density at radius 3 is 2.75 bits per heavy atom. The van der Waals surface area contributed by atoms with Crippen LogP contribution in [0.5, 0.6) is 0 Å². The highest BCUT2D eigenvalue weighted by Gasteiger charge is 2.12. The first-order valence-electron chi connectivity index (χ1n) is 6.72. The molecule has 1 unspecified atom stereocenters. The van der Waals surface area contributed by atoms with Gasteiger partial charge in [0.25, 0.3) is 0 Å². The number of rotatable bonds is 8. The van der Waals surface area contributed by atoms with E-state index in [-0.39, 0.29) is 18.4 Å². The summed E-state index contributed by atoms with van der Waals surface area (Å²) in [4.78, 5) is 22.2. The van der Waals surface area contributed by atoms with E-state index in [0.717, 1.165) is 12.0 Å². The second-order valence-electron chi connectivity index (χ2n) is 4.78. The second-order valence-corrected chi connectivity index (χ2v) is 4.78. The van der Waals surface area contributed by atoms with Gasteiger partial charge in [-0.1, -0.05) is 13.3 Å². The minimum Gasteiger partial charge on any atom is -0.481 e. The molecule has 0 spiro atoms. The van der Waals surface area contributed by atoms with Crippen LogP contribution in [0.25, 0.3) is 0 Å². The third-order valence-corrected chi connectivity index (χ3v) is 3.05. The van der Waals surface area contributed by atoms with Crippen molar-refractivity contribution < 1.29 is 14.7 Å². The van der Waals surface area contributed by atoms with Gasteiger partial charge in [-0.3, -0.25) is 9.48 Å². The molecular weight excluding hydrogens is 260 g/mol. The Balaban J connectivity index is 2.18. The van der Waals surface area contributed by atoms with Crippen LogP contribution < -0.4 is 10.6 Å². The first-order valence-corrected chi connectivity index (χ1v) is 6.72. The number of aliphatic carboxylic acids is 1. The van der Waals surface area contributed by atoms with Crippen LogP contribution in [0.3, 0.4) is 0 Å². The number of carboxylic acid groups (broad SMARTS) is 1. The maximum atomic E-state index is 11.6. The minimum atomic E-state index is -0.837. The molecule has 1 atom stereocenters. The van der Waals surface area contributed by atoms with Gasteiger partial charge in [0.1, 0.15) is 0 Å². The Morgan fingerprint density at radius 1 is 1.45 bits per heavy atom. The maximum absolute atomic E-state index is 11.6. The standard InChI is InChI=1S/C13H22N4O3/c1-3-10(6-12(18)19)7-15-13(20)14-5-4-11-8-16-17(2)9-11/h8-10H,3-7H2,1-2H3,(H,18,19)(H2,14,15,20). The first-order chi connectivity index (χ1) is 9.51. The van der Waals surface area contributed by atoms with Crippen molar-refractivity contribution in [3.05, 3.63) is 18.0 Å². The van der Waals surface area contributed by atoms with Gasteiger partial charge >= 0.3 is 12.0 Å². The molecule has 20 heavy (non-hydrogen) atoms. The molecule has 0 aliphatic carbocycles. The largest absolute Gasteiger partial charge is 0.481 e. The molecule has 3 N–H and O–H groups in total. The van der Waals surface area contributed by atoms with Crippen molar-refractivity contribution in [2.24, 2.45) is 13.0 Å². The zero-order valence-corrected chi connectivity index (χ0v) is 11.9. The van der Waals surface area contributed by atoms with Crippen LogP contribution in [0.15, 0.2) is 12.4 Å². The average Bonchev–Trinajstić information content (AvgIpc) is 2.80. The average molecular weight is 282 g/mol. The minimum absolute atomic E-state index is 0.0310. The molecule has 7 heteroatoms. The molecule has 0 saturated carbocycles. The number of urea groups is 1. The summed E-state index contributed by atoms with van der Waals surface area (Å²) in [6.45, 7) is 2.81. The van der Waals surface area contributed by atoms with Crippen molar-refractivity contribution in [2.75, 3.05) is 13.1 Å². The number of carbonyl (C=O) groups is 2. The van der Waals surface area contributed by atoms with Crippen LogP contribution in [0.2, 0.25) is 0 Å². The molecule has 7 nitrogen and oxygen atoms in total. The molecule has 0 aliphatic heterocycles. The molecule has 1 heterocycles. The number of aromatic nitrogens is 2. The van der Waals surface area contributed by atoms with E-state index in [1.165, 1.54) is 0 Å². The summed E-state index contributed by atoms with van der Waals surface area (Å²) in [5.41, 5.74) is 1.06. The van der Waals surface area contributed by atoms with Gasteiger partial charge < -0.3 is 15.7 Å². The number of carbonyl (C=O) groups excluding carboxylic acids is 1. The third-order valence-electron chi connectivity index (χ3n) is 3.05. The normalized spacial score (nSPS) is 11.9. The van der Waals surface area contributed by atoms with Crippen molar-refractivity contribution in [3.63, 3.8) is 0 Å². The predicted octanol–water partition coefficient (Wildman–Crippen LogP) is 0.763. The van der Waals surface area contributed by atoms with Crippen molar-refractivity contribution in [2.45, 2.75) is 26.2 Å². The van der Waals surface area contributed by atoms with Crippen LogP contribution >= 0.6 is 0 Å². The van der Waals surface area contributed by atoms with Crippen LogP contribution in [-0.4, -0.2) is 40.0 Å². The number of hydrogen-bond donors (Lipinski definition) is 3. The van der Waals surface area contributed by atoms with Gasteiger partial charge in [0, 0.05) is 32.8 Å². The van der Waals surface area contributed by atoms with Gasteiger partial charge in [0.2, 0.25) is 0 Å². The number of hydrogen-bond acceptors (Lipinski definition) is 3. The molecule has 1 aromatic rings. The fraction of sp³-hybridized carbons (Fsp3) is 0.615. The Labute approximate surface area is 118 Å². The van der Waals surface area contributed by atoms with Crippen LogP contribution in [0, 0.1) is 5.92 Å². The van der Waals surface area contributed by atoms with Gasteiger partial charge in [0.05, 0.1) is 6.20 Å². The van der Waals surface area contributed by atoms with E-state index in [0.29, 0.717) is 19.5 Å². The summed E-state index contributed by atoms with van der Waals surface area (Å²) >= 11 is 0. The summed E-state index contributed by atoms with van der Waals surface area (Å²) in [5, 5.41) is 18.2. The fourth-order valence-electron chi connectivity index (χ4n) is 1.83. The Hall–Kier alpha value is -2.05. The topological polar surface area (TPSA) is 96.3 Å². The van der Waals surface area contributed by atoms with E-state index in [1.54, 1.807) is 10.9 Å². The lowest BCUT2D eigenvalue weighted by Gasteiger charge is -2.13. The lowest BCUT2D eigenvalue weighted by molar-refractivity contribution is -0.138. The van der Waals surface area contributed by atoms with E-state index in [4.69, 9.17) is 5.11 Å². The molecule has 0 bridgehead atoms. The SMILES string of the molecule is CCC(CNC(=O)NCCc1cnn(C)c1)CC(=O)O. The van der Waals surface area contributed by atoms with Gasteiger partial charge in [-0.25, -0.2) is 4.79 Å². The smallest absolute Gasteiger partial charge is 0.314 e. The molecular formula is C13H22N4O3. The van der Waals surface area contributed by atoms with E-state index < -0.39 is 5.97 Å². The predicted molar refractivity (Wildman–Crippen MR) is 74.3 cm³/mol. The lowest BCUT2D eigenvalue weighted by atomic mass is 10.0. The van der Waals surface area contributed by atoms with Crippen molar-refractivity contribution >= 4 is 12.0 Å². The molecule has 2 amide bonds.